The van der Waals surface area contributed by atoms with E-state index in [0.29, 0.717) is 0 Å². The summed E-state index contributed by atoms with van der Waals surface area (Å²) in [5.74, 6) is -0.657. The molecule has 3 heteroatoms. The number of hydrogen-bond acceptors (Lipinski definition) is 2. The normalized spacial score (nSPS) is 14.3. The zero-order valence-corrected chi connectivity index (χ0v) is 25.0. The summed E-state index contributed by atoms with van der Waals surface area (Å²) >= 11 is 0. The highest BCUT2D eigenvalue weighted by molar-refractivity contribution is 6.12. The third-order valence-electron chi connectivity index (χ3n) is 6.03. The second-order valence-corrected chi connectivity index (χ2v) is 10.7. The van der Waals surface area contributed by atoms with Crippen molar-refractivity contribution in [1.82, 2.24) is 5.32 Å². The molecule has 0 atom stereocenters. The van der Waals surface area contributed by atoms with Crippen LogP contribution in [0.2, 0.25) is 0 Å². The molecule has 0 unspecified atom stereocenters. The van der Waals surface area contributed by atoms with Crippen molar-refractivity contribution in [3.63, 3.8) is 0 Å². The molecular weight excluding hydrogens is 454 g/mol. The highest BCUT2D eigenvalue weighted by Crippen LogP contribution is 2.14. The van der Waals surface area contributed by atoms with E-state index in [9.17, 15) is 9.59 Å². The molecule has 0 aromatic heterocycles. The first-order chi connectivity index (χ1) is 17.5. The lowest BCUT2D eigenvalue weighted by atomic mass is 10.0. The fourth-order valence-electron chi connectivity index (χ4n) is 3.69. The van der Waals surface area contributed by atoms with Crippen LogP contribution in [-0.4, -0.2) is 11.8 Å². The summed E-state index contributed by atoms with van der Waals surface area (Å²) in [6, 6.07) is 0. The Hall–Kier alpha value is -2.68. The van der Waals surface area contributed by atoms with Crippen LogP contribution >= 0.6 is 0 Å². The van der Waals surface area contributed by atoms with Gasteiger partial charge in [0.2, 0.25) is 0 Å². The van der Waals surface area contributed by atoms with Gasteiger partial charge in [0.05, 0.1) is 0 Å². The smallest absolute Gasteiger partial charge is 0.250 e. The van der Waals surface area contributed by atoms with Gasteiger partial charge in [-0.1, -0.05) is 69.9 Å². The van der Waals surface area contributed by atoms with Gasteiger partial charge in [0.25, 0.3) is 11.8 Å². The van der Waals surface area contributed by atoms with Crippen LogP contribution in [0.25, 0.3) is 0 Å². The zero-order chi connectivity index (χ0) is 28.1. The molecular formula is C34H53NO2. The van der Waals surface area contributed by atoms with Crippen molar-refractivity contribution < 1.29 is 9.59 Å². The monoisotopic (exact) mass is 507 g/mol. The van der Waals surface area contributed by atoms with Crippen LogP contribution in [0.3, 0.4) is 0 Å². The van der Waals surface area contributed by atoms with Gasteiger partial charge in [-0.2, -0.15) is 0 Å². The number of unbranched alkanes of at least 4 members (excludes halogenated alkanes) is 1. The summed E-state index contributed by atoms with van der Waals surface area (Å²) < 4.78 is 0. The van der Waals surface area contributed by atoms with Crippen molar-refractivity contribution in [2.24, 2.45) is 0 Å². The summed E-state index contributed by atoms with van der Waals surface area (Å²) in [5.41, 5.74) is 8.97. The number of amides is 2. The Labute approximate surface area is 228 Å². The Kier molecular flexibility index (Phi) is 19.9. The predicted octanol–water partition coefficient (Wildman–Crippen LogP) is 9.80. The molecule has 0 radical (unpaired) electrons. The van der Waals surface area contributed by atoms with E-state index in [1.54, 1.807) is 0 Å². The summed E-state index contributed by atoms with van der Waals surface area (Å²) in [5, 5.41) is 2.03. The zero-order valence-electron chi connectivity index (χ0n) is 25.0. The second-order valence-electron chi connectivity index (χ2n) is 10.7. The summed E-state index contributed by atoms with van der Waals surface area (Å²) in [4.78, 5) is 20.1. The van der Waals surface area contributed by atoms with Gasteiger partial charge in [0, 0.05) is 12.2 Å². The molecule has 0 bridgehead atoms. The number of nitrogens with one attached hydrogen (secondary N) is 1. The Morgan fingerprint density at radius 3 is 1.00 bits per heavy atom. The van der Waals surface area contributed by atoms with Crippen LogP contribution in [0.5, 0.6) is 0 Å². The maximum Gasteiger partial charge on any atom is 0.250 e. The number of allylic oxidation sites excluding steroid dienone is 12. The summed E-state index contributed by atoms with van der Waals surface area (Å²) in [6.07, 6.45) is 28.6. The van der Waals surface area contributed by atoms with Crippen LogP contribution in [0.15, 0.2) is 82.0 Å². The lowest BCUT2D eigenvalue weighted by molar-refractivity contribution is -0.123. The Balaban J connectivity index is 0.00000158. The standard InChI is InChI=1S/C30H50.C4H3NO2/c1-25(2)15-11-19-29(7)23-13-21-27(5)17-9-10-18-28(6)22-14-24-30(8)20-12-16-26(3)4;6-3-1-2-4(7)5-3/h15-18,23-24H,9-14,19-22H2,1-8H3;1-2H,(H,5,6,7)/b27-17+,28-18+,29-23+,30-24+;. The van der Waals surface area contributed by atoms with E-state index < -0.39 is 0 Å². The van der Waals surface area contributed by atoms with Crippen molar-refractivity contribution in [2.45, 2.75) is 120 Å². The fourth-order valence-corrected chi connectivity index (χ4v) is 3.69. The van der Waals surface area contributed by atoms with Crippen LogP contribution in [0.4, 0.5) is 0 Å². The minimum absolute atomic E-state index is 0.329. The van der Waals surface area contributed by atoms with E-state index in [4.69, 9.17) is 0 Å². The molecule has 1 heterocycles. The number of rotatable bonds is 15. The van der Waals surface area contributed by atoms with Crippen LogP contribution < -0.4 is 5.32 Å². The molecule has 37 heavy (non-hydrogen) atoms. The average molecular weight is 508 g/mol. The Bertz CT molecular complexity index is 837. The van der Waals surface area contributed by atoms with Gasteiger partial charge in [-0.15, -0.1) is 0 Å². The first kappa shape index (κ1) is 34.3. The topological polar surface area (TPSA) is 46.2 Å². The van der Waals surface area contributed by atoms with Gasteiger partial charge in [-0.3, -0.25) is 14.9 Å². The van der Waals surface area contributed by atoms with Gasteiger partial charge in [-0.25, -0.2) is 0 Å². The molecule has 3 nitrogen and oxygen atoms in total. The van der Waals surface area contributed by atoms with Crippen LogP contribution in [0.1, 0.15) is 120 Å². The van der Waals surface area contributed by atoms with Gasteiger partial charge in [0.15, 0.2) is 0 Å². The first-order valence-electron chi connectivity index (χ1n) is 13.9. The maximum absolute atomic E-state index is 10.0. The van der Waals surface area contributed by atoms with E-state index in [-0.39, 0.29) is 11.8 Å². The second kappa shape index (κ2) is 21.4. The molecule has 0 fully saturated rings. The third-order valence-corrected chi connectivity index (χ3v) is 6.03. The SMILES string of the molecule is CC(C)=CCC/C(C)=C/CC/C(C)=C/CC/C=C(\C)CC/C=C(\C)CCC=C(C)C.O=C1C=CC(=O)N1. The molecule has 2 amide bonds. The first-order valence-corrected chi connectivity index (χ1v) is 13.9. The maximum atomic E-state index is 10.0. The molecule has 0 spiro atoms. The highest BCUT2D eigenvalue weighted by atomic mass is 16.2. The van der Waals surface area contributed by atoms with E-state index in [1.807, 2.05) is 5.32 Å². The van der Waals surface area contributed by atoms with E-state index in [1.165, 1.54) is 110 Å². The number of hydrogen-bond donors (Lipinski definition) is 1. The molecule has 1 aliphatic rings. The van der Waals surface area contributed by atoms with E-state index in [2.05, 4.69) is 91.8 Å². The lowest BCUT2D eigenvalue weighted by Crippen LogP contribution is -2.19. The van der Waals surface area contributed by atoms with Crippen LogP contribution in [-0.2, 0) is 9.59 Å². The van der Waals surface area contributed by atoms with Crippen molar-refractivity contribution in [3.8, 4) is 0 Å². The summed E-state index contributed by atoms with van der Waals surface area (Å²) in [6.45, 7) is 17.8. The van der Waals surface area contributed by atoms with Crippen molar-refractivity contribution in [1.29, 1.82) is 0 Å². The van der Waals surface area contributed by atoms with Gasteiger partial charge >= 0.3 is 0 Å². The Morgan fingerprint density at radius 1 is 0.486 bits per heavy atom. The molecule has 0 aromatic carbocycles. The lowest BCUT2D eigenvalue weighted by Gasteiger charge is -2.02. The van der Waals surface area contributed by atoms with Gasteiger partial charge in [-0.05, 0) is 120 Å². The van der Waals surface area contributed by atoms with Crippen molar-refractivity contribution >= 4 is 11.8 Å². The van der Waals surface area contributed by atoms with E-state index >= 15 is 0 Å². The predicted molar refractivity (Wildman–Crippen MR) is 162 cm³/mol. The highest BCUT2D eigenvalue weighted by Gasteiger charge is 2.06. The molecule has 1 rings (SSSR count). The van der Waals surface area contributed by atoms with Gasteiger partial charge in [0.1, 0.15) is 0 Å². The van der Waals surface area contributed by atoms with Crippen LogP contribution in [0, 0.1) is 0 Å². The molecule has 1 aliphatic heterocycles. The largest absolute Gasteiger partial charge is 0.289 e. The van der Waals surface area contributed by atoms with Crippen molar-refractivity contribution in [3.05, 3.63) is 82.0 Å². The third kappa shape index (κ3) is 23.5. The fraction of sp³-hybridized carbons (Fsp3) is 0.529. The minimum Gasteiger partial charge on any atom is -0.289 e. The van der Waals surface area contributed by atoms with Crippen molar-refractivity contribution in [2.75, 3.05) is 0 Å². The molecule has 1 N–H and O–H groups in total. The average Bonchev–Trinajstić information content (AvgIpc) is 3.19. The quantitative estimate of drug-likeness (QED) is 0.136. The molecule has 206 valence electrons. The summed E-state index contributed by atoms with van der Waals surface area (Å²) in [7, 11) is 0. The molecule has 0 aromatic rings. The number of imide groups is 1. The number of carbonyl (C=O) groups is 2. The number of carbonyl (C=O) groups excluding carboxylic acids is 2. The van der Waals surface area contributed by atoms with Gasteiger partial charge < -0.3 is 0 Å². The van der Waals surface area contributed by atoms with E-state index in [0.717, 1.165) is 0 Å². The molecule has 0 saturated carbocycles. The minimum atomic E-state index is -0.329. The Morgan fingerprint density at radius 2 is 0.757 bits per heavy atom. The molecule has 0 saturated heterocycles. The molecule has 0 aliphatic carbocycles.